The molecule has 0 saturated heterocycles. The summed E-state index contributed by atoms with van der Waals surface area (Å²) in [5.41, 5.74) is 0.642. The lowest BCUT2D eigenvalue weighted by Gasteiger charge is -2.03. The summed E-state index contributed by atoms with van der Waals surface area (Å²) >= 11 is 0. The fraction of sp³-hybridized carbons (Fsp3) is 0.286. The molecule has 0 unspecified atom stereocenters. The number of nitrogens with zero attached hydrogens (tertiary/aromatic N) is 4. The zero-order valence-electron chi connectivity index (χ0n) is 6.81. The van der Waals surface area contributed by atoms with Crippen LogP contribution in [0.2, 0.25) is 0 Å². The molecule has 0 fully saturated rings. The number of aromatic nitrogens is 4. The molecule has 2 heterocycles. The van der Waals surface area contributed by atoms with Crippen molar-refractivity contribution in [1.29, 1.82) is 0 Å². The standard InChI is InChI=1S/C7H8FN5/c8-1-2-10-6-3-9-4-7-11-5-12-13(6)7/h3-5,10H,1-2H2. The van der Waals surface area contributed by atoms with Gasteiger partial charge in [-0.05, 0) is 0 Å². The molecular weight excluding hydrogens is 173 g/mol. The van der Waals surface area contributed by atoms with E-state index in [0.717, 1.165) is 0 Å². The van der Waals surface area contributed by atoms with E-state index in [4.69, 9.17) is 0 Å². The van der Waals surface area contributed by atoms with Gasteiger partial charge in [0, 0.05) is 6.54 Å². The highest BCUT2D eigenvalue weighted by molar-refractivity contribution is 5.44. The Morgan fingerprint density at radius 3 is 3.23 bits per heavy atom. The monoisotopic (exact) mass is 181 g/mol. The van der Waals surface area contributed by atoms with E-state index < -0.39 is 6.67 Å². The van der Waals surface area contributed by atoms with Crippen molar-refractivity contribution in [2.45, 2.75) is 0 Å². The van der Waals surface area contributed by atoms with Gasteiger partial charge >= 0.3 is 0 Å². The first-order chi connectivity index (χ1) is 6.42. The smallest absolute Gasteiger partial charge is 0.175 e. The first kappa shape index (κ1) is 7.90. The van der Waals surface area contributed by atoms with Gasteiger partial charge in [0.05, 0.1) is 12.4 Å². The quantitative estimate of drug-likeness (QED) is 0.749. The van der Waals surface area contributed by atoms with Gasteiger partial charge < -0.3 is 5.32 Å². The normalized spacial score (nSPS) is 10.5. The molecule has 2 rings (SSSR count). The Kier molecular flexibility index (Phi) is 2.03. The lowest BCUT2D eigenvalue weighted by Crippen LogP contribution is -2.08. The number of rotatable bonds is 3. The third-order valence-corrected chi connectivity index (χ3v) is 1.59. The maximum Gasteiger partial charge on any atom is 0.175 e. The molecule has 0 radical (unpaired) electrons. The Balaban J connectivity index is 2.37. The summed E-state index contributed by atoms with van der Waals surface area (Å²) in [5, 5.41) is 6.80. The zero-order chi connectivity index (χ0) is 9.10. The van der Waals surface area contributed by atoms with Crippen molar-refractivity contribution in [3.8, 4) is 0 Å². The predicted octanol–water partition coefficient (Wildman–Crippen LogP) is 0.506. The van der Waals surface area contributed by atoms with Gasteiger partial charge in [-0.25, -0.2) is 9.37 Å². The highest BCUT2D eigenvalue weighted by Crippen LogP contribution is 2.05. The maximum absolute atomic E-state index is 11.9. The lowest BCUT2D eigenvalue weighted by atomic mass is 10.6. The van der Waals surface area contributed by atoms with Crippen molar-refractivity contribution in [1.82, 2.24) is 19.6 Å². The van der Waals surface area contributed by atoms with Crippen molar-refractivity contribution < 1.29 is 4.39 Å². The highest BCUT2D eigenvalue weighted by Gasteiger charge is 2.00. The van der Waals surface area contributed by atoms with Gasteiger partial charge in [-0.15, -0.1) is 0 Å². The molecule has 0 aliphatic carbocycles. The minimum atomic E-state index is -0.426. The van der Waals surface area contributed by atoms with E-state index in [2.05, 4.69) is 20.4 Å². The molecule has 68 valence electrons. The number of halogens is 1. The maximum atomic E-state index is 11.9. The largest absolute Gasteiger partial charge is 0.366 e. The van der Waals surface area contributed by atoms with Crippen molar-refractivity contribution in [3.63, 3.8) is 0 Å². The molecular formula is C7H8FN5. The van der Waals surface area contributed by atoms with Gasteiger partial charge in [-0.3, -0.25) is 4.98 Å². The second-order valence-electron chi connectivity index (χ2n) is 2.44. The number of nitrogens with one attached hydrogen (secondary N) is 1. The molecule has 2 aromatic heterocycles. The Labute approximate surface area is 73.6 Å². The Morgan fingerprint density at radius 1 is 1.46 bits per heavy atom. The second kappa shape index (κ2) is 3.34. The molecule has 5 nitrogen and oxygen atoms in total. The number of fused-ring (bicyclic) bond motifs is 1. The summed E-state index contributed by atoms with van der Waals surface area (Å²) in [4.78, 5) is 7.87. The van der Waals surface area contributed by atoms with Gasteiger partial charge in [0.1, 0.15) is 18.8 Å². The van der Waals surface area contributed by atoms with Crippen molar-refractivity contribution in [2.75, 3.05) is 18.5 Å². The summed E-state index contributed by atoms with van der Waals surface area (Å²) < 4.78 is 13.4. The summed E-state index contributed by atoms with van der Waals surface area (Å²) in [6.45, 7) is -0.175. The van der Waals surface area contributed by atoms with Crippen LogP contribution in [0.5, 0.6) is 0 Å². The van der Waals surface area contributed by atoms with Crippen LogP contribution in [0.15, 0.2) is 18.7 Å². The Bertz CT molecular complexity index is 398. The molecule has 0 bridgehead atoms. The van der Waals surface area contributed by atoms with Gasteiger partial charge in [0.2, 0.25) is 0 Å². The zero-order valence-corrected chi connectivity index (χ0v) is 6.81. The number of hydrogen-bond donors (Lipinski definition) is 1. The Morgan fingerprint density at radius 2 is 2.38 bits per heavy atom. The third-order valence-electron chi connectivity index (χ3n) is 1.59. The average molecular weight is 181 g/mol. The van der Waals surface area contributed by atoms with Crippen LogP contribution in [0.1, 0.15) is 0 Å². The fourth-order valence-electron chi connectivity index (χ4n) is 1.05. The molecule has 1 N–H and O–H groups in total. The van der Waals surface area contributed by atoms with Crippen LogP contribution in [-0.2, 0) is 0 Å². The van der Waals surface area contributed by atoms with Crippen LogP contribution in [0.3, 0.4) is 0 Å². The predicted molar refractivity (Wildman–Crippen MR) is 45.2 cm³/mol. The van der Waals surface area contributed by atoms with E-state index in [1.807, 2.05) is 0 Å². The second-order valence-corrected chi connectivity index (χ2v) is 2.44. The van der Waals surface area contributed by atoms with Gasteiger partial charge in [0.15, 0.2) is 5.65 Å². The first-order valence-corrected chi connectivity index (χ1v) is 3.85. The van der Waals surface area contributed by atoms with Crippen LogP contribution in [0.4, 0.5) is 10.2 Å². The van der Waals surface area contributed by atoms with Gasteiger partial charge in [-0.2, -0.15) is 9.61 Å². The summed E-state index contributed by atoms with van der Waals surface area (Å²) in [7, 11) is 0. The molecule has 0 aliphatic rings. The van der Waals surface area contributed by atoms with Crippen molar-refractivity contribution in [2.24, 2.45) is 0 Å². The molecule has 0 saturated carbocycles. The van der Waals surface area contributed by atoms with E-state index in [9.17, 15) is 4.39 Å². The summed E-state index contributed by atoms with van der Waals surface area (Å²) in [6.07, 6.45) is 4.60. The molecule has 0 atom stereocenters. The van der Waals surface area contributed by atoms with E-state index in [0.29, 0.717) is 11.5 Å². The highest BCUT2D eigenvalue weighted by atomic mass is 19.1. The number of alkyl halides is 1. The van der Waals surface area contributed by atoms with Gasteiger partial charge in [0.25, 0.3) is 0 Å². The summed E-state index contributed by atoms with van der Waals surface area (Å²) in [5.74, 6) is 0.646. The van der Waals surface area contributed by atoms with Gasteiger partial charge in [-0.1, -0.05) is 0 Å². The van der Waals surface area contributed by atoms with Crippen LogP contribution >= 0.6 is 0 Å². The molecule has 6 heteroatoms. The molecule has 0 amide bonds. The first-order valence-electron chi connectivity index (χ1n) is 3.85. The van der Waals surface area contributed by atoms with Crippen LogP contribution in [0, 0.1) is 0 Å². The van der Waals surface area contributed by atoms with E-state index in [1.54, 1.807) is 16.9 Å². The topological polar surface area (TPSA) is 55.1 Å². The number of anilines is 1. The number of hydrogen-bond acceptors (Lipinski definition) is 4. The third kappa shape index (κ3) is 1.42. The molecule has 13 heavy (non-hydrogen) atoms. The van der Waals surface area contributed by atoms with E-state index in [-0.39, 0.29) is 6.54 Å². The van der Waals surface area contributed by atoms with E-state index in [1.165, 1.54) is 6.33 Å². The minimum absolute atomic E-state index is 0.251. The molecule has 0 spiro atoms. The van der Waals surface area contributed by atoms with Crippen LogP contribution < -0.4 is 5.32 Å². The van der Waals surface area contributed by atoms with Crippen molar-refractivity contribution in [3.05, 3.63) is 18.7 Å². The molecule has 0 aromatic carbocycles. The van der Waals surface area contributed by atoms with Crippen LogP contribution in [-0.4, -0.2) is 32.8 Å². The van der Waals surface area contributed by atoms with Crippen molar-refractivity contribution >= 4 is 11.5 Å². The SMILES string of the molecule is FCCNc1cncc2ncnn12. The van der Waals surface area contributed by atoms with E-state index >= 15 is 0 Å². The minimum Gasteiger partial charge on any atom is -0.366 e. The Hall–Kier alpha value is -1.72. The summed E-state index contributed by atoms with van der Waals surface area (Å²) in [6, 6.07) is 0. The lowest BCUT2D eigenvalue weighted by molar-refractivity contribution is 0.512. The average Bonchev–Trinajstić information content (AvgIpc) is 2.62. The fourth-order valence-corrected chi connectivity index (χ4v) is 1.05. The molecule has 2 aromatic rings. The van der Waals surface area contributed by atoms with Crippen LogP contribution in [0.25, 0.3) is 5.65 Å². The molecule has 0 aliphatic heterocycles.